The van der Waals surface area contributed by atoms with Crippen molar-refractivity contribution in [3.8, 4) is 0 Å². The van der Waals surface area contributed by atoms with Gasteiger partial charge in [0.2, 0.25) is 0 Å². The smallest absolute Gasteiger partial charge is 0.324 e. The number of carbonyl (C=O) groups is 2. The van der Waals surface area contributed by atoms with Gasteiger partial charge in [0, 0.05) is 18.2 Å². The molecule has 0 saturated heterocycles. The third-order valence-electron chi connectivity index (χ3n) is 8.45. The molecule has 3 aliphatic rings. The van der Waals surface area contributed by atoms with Gasteiger partial charge in [0.25, 0.3) is 5.91 Å². The van der Waals surface area contributed by atoms with Crippen molar-refractivity contribution in [1.82, 2.24) is 10.2 Å². The maximum absolute atomic E-state index is 13.3. The van der Waals surface area contributed by atoms with E-state index in [1.807, 2.05) is 19.1 Å². The van der Waals surface area contributed by atoms with E-state index in [0.29, 0.717) is 0 Å². The maximum Gasteiger partial charge on any atom is 0.324 e. The molecule has 2 saturated carbocycles. The summed E-state index contributed by atoms with van der Waals surface area (Å²) in [6.45, 7) is 11.0. The summed E-state index contributed by atoms with van der Waals surface area (Å²) in [6, 6.07) is 0.00454. The lowest BCUT2D eigenvalue weighted by atomic mass is 9.72. The average Bonchev–Trinajstić information content (AvgIpc) is 2.84. The van der Waals surface area contributed by atoms with Crippen LogP contribution in [0.3, 0.4) is 0 Å². The predicted molar refractivity (Wildman–Crippen MR) is 155 cm³/mol. The second kappa shape index (κ2) is 14.0. The largest absolute Gasteiger partial charge is 0.335 e. The van der Waals surface area contributed by atoms with Crippen molar-refractivity contribution in [2.75, 3.05) is 0 Å². The monoisotopic (exact) mass is 506 g/mol. The number of rotatable bonds is 7. The van der Waals surface area contributed by atoms with E-state index < -0.39 is 0 Å². The highest BCUT2D eigenvalue weighted by Crippen LogP contribution is 2.40. The van der Waals surface area contributed by atoms with E-state index in [4.69, 9.17) is 0 Å². The summed E-state index contributed by atoms with van der Waals surface area (Å²) >= 11 is 0. The number of imide groups is 1. The molecule has 0 spiro atoms. The Morgan fingerprint density at radius 3 is 2.19 bits per heavy atom. The Bertz CT molecular complexity index is 951. The number of carbonyl (C=O) groups excluding carboxylic acids is 2. The van der Waals surface area contributed by atoms with Crippen molar-refractivity contribution in [2.45, 2.75) is 130 Å². The predicted octanol–water partition coefficient (Wildman–Crippen LogP) is 8.72. The quantitative estimate of drug-likeness (QED) is 0.277. The fourth-order valence-electron chi connectivity index (χ4n) is 6.22. The molecule has 0 aliphatic heterocycles. The van der Waals surface area contributed by atoms with Crippen molar-refractivity contribution in [1.29, 1.82) is 0 Å². The van der Waals surface area contributed by atoms with Crippen molar-refractivity contribution >= 4 is 11.9 Å². The van der Waals surface area contributed by atoms with Gasteiger partial charge in [-0.2, -0.15) is 0 Å². The van der Waals surface area contributed by atoms with Crippen LogP contribution in [0.2, 0.25) is 0 Å². The minimum atomic E-state index is -0.201. The van der Waals surface area contributed by atoms with E-state index in [0.717, 1.165) is 56.9 Å². The molecule has 0 aromatic carbocycles. The second-order valence-electron chi connectivity index (χ2n) is 12.2. The van der Waals surface area contributed by atoms with Gasteiger partial charge in [0.1, 0.15) is 0 Å². The van der Waals surface area contributed by atoms with Gasteiger partial charge >= 0.3 is 6.03 Å². The first kappa shape index (κ1) is 29.2. The summed E-state index contributed by atoms with van der Waals surface area (Å²) in [7, 11) is 0. The van der Waals surface area contributed by atoms with Crippen LogP contribution in [0.1, 0.15) is 118 Å². The van der Waals surface area contributed by atoms with E-state index in [2.05, 4.69) is 51.2 Å². The zero-order valence-corrected chi connectivity index (χ0v) is 24.1. The van der Waals surface area contributed by atoms with Gasteiger partial charge in [-0.3, -0.25) is 9.69 Å². The zero-order valence-electron chi connectivity index (χ0n) is 24.1. The van der Waals surface area contributed by atoms with Gasteiger partial charge in [-0.1, -0.05) is 93.9 Å². The summed E-state index contributed by atoms with van der Waals surface area (Å²) in [6.07, 6.45) is 26.6. The molecule has 37 heavy (non-hydrogen) atoms. The first-order valence-corrected chi connectivity index (χ1v) is 14.7. The van der Waals surface area contributed by atoms with Gasteiger partial charge in [-0.05, 0) is 82.3 Å². The third kappa shape index (κ3) is 8.86. The van der Waals surface area contributed by atoms with Crippen LogP contribution in [0.4, 0.5) is 4.79 Å². The topological polar surface area (TPSA) is 49.4 Å². The highest BCUT2D eigenvalue weighted by molar-refractivity contribution is 6.01. The Balaban J connectivity index is 1.65. The number of allylic oxidation sites excluding steroid dienone is 9. The first-order chi connectivity index (χ1) is 17.7. The van der Waals surface area contributed by atoms with Crippen LogP contribution in [0, 0.1) is 5.41 Å². The number of nitrogens with one attached hydrogen (secondary N) is 1. The van der Waals surface area contributed by atoms with Crippen molar-refractivity contribution in [3.63, 3.8) is 0 Å². The van der Waals surface area contributed by atoms with Crippen molar-refractivity contribution in [3.05, 3.63) is 58.7 Å². The first-order valence-electron chi connectivity index (χ1n) is 14.7. The average molecular weight is 507 g/mol. The lowest BCUT2D eigenvalue weighted by molar-refractivity contribution is -0.125. The molecule has 0 bridgehead atoms. The van der Waals surface area contributed by atoms with Gasteiger partial charge in [0.05, 0.1) is 0 Å². The molecule has 0 radical (unpaired) electrons. The van der Waals surface area contributed by atoms with Crippen molar-refractivity contribution < 1.29 is 9.59 Å². The fourth-order valence-corrected chi connectivity index (χ4v) is 6.22. The second-order valence-corrected chi connectivity index (χ2v) is 12.2. The lowest BCUT2D eigenvalue weighted by Gasteiger charge is -2.34. The molecule has 204 valence electrons. The molecular formula is C33H50N2O2. The van der Waals surface area contributed by atoms with Crippen LogP contribution in [-0.4, -0.2) is 28.9 Å². The number of urea groups is 1. The molecule has 0 aromatic heterocycles. The summed E-state index contributed by atoms with van der Waals surface area (Å²) in [5.74, 6) is -0.190. The van der Waals surface area contributed by atoms with Gasteiger partial charge in [-0.25, -0.2) is 4.79 Å². The lowest BCUT2D eigenvalue weighted by Crippen LogP contribution is -2.52. The van der Waals surface area contributed by atoms with Crippen LogP contribution >= 0.6 is 0 Å². The minimum Gasteiger partial charge on any atom is -0.335 e. The SMILES string of the molecule is CC1=C(/C=C/C(C)=C/C=C/C(C)=C/C(=O)N(C(=O)NC2CCCCC2)C2CCCCC2)C(C)(C)CCC1. The van der Waals surface area contributed by atoms with Crippen LogP contribution in [0.15, 0.2) is 58.7 Å². The zero-order chi connectivity index (χ0) is 26.8. The Hall–Kier alpha value is -2.36. The molecule has 0 heterocycles. The molecular weight excluding hydrogens is 456 g/mol. The standard InChI is InChI=1S/C33H50N2O2/c1-25(21-22-30-27(3)16-13-23-33(30,4)5)14-12-15-26(2)24-31(36)35(29-19-10-7-11-20-29)32(37)34-28-17-8-6-9-18-28/h12,14-15,21-22,24,28-29H,6-11,13,16-20,23H2,1-5H3,(H,34,37)/b15-12+,22-21+,25-14+,26-24+. The van der Waals surface area contributed by atoms with Crippen LogP contribution in [0.25, 0.3) is 0 Å². The molecule has 2 fully saturated rings. The van der Waals surface area contributed by atoms with Gasteiger partial charge < -0.3 is 5.32 Å². The normalized spacial score (nSPS) is 22.6. The molecule has 3 aliphatic carbocycles. The van der Waals surface area contributed by atoms with Crippen molar-refractivity contribution in [2.24, 2.45) is 5.41 Å². The summed E-state index contributed by atoms with van der Waals surface area (Å²) in [4.78, 5) is 28.1. The Labute approximate surface area is 226 Å². The number of hydrogen-bond acceptors (Lipinski definition) is 2. The third-order valence-corrected chi connectivity index (χ3v) is 8.45. The van der Waals surface area contributed by atoms with E-state index in [1.54, 1.807) is 6.08 Å². The molecule has 0 unspecified atom stereocenters. The Kier molecular flexibility index (Phi) is 11.0. The fraction of sp³-hybridized carbons (Fsp3) is 0.636. The molecule has 0 atom stereocenters. The highest BCUT2D eigenvalue weighted by Gasteiger charge is 2.31. The Morgan fingerprint density at radius 2 is 1.54 bits per heavy atom. The van der Waals surface area contributed by atoms with E-state index in [-0.39, 0.29) is 29.4 Å². The summed E-state index contributed by atoms with van der Waals surface area (Å²) < 4.78 is 0. The molecule has 0 aromatic rings. The number of hydrogen-bond donors (Lipinski definition) is 1. The van der Waals surface area contributed by atoms with E-state index >= 15 is 0 Å². The van der Waals surface area contributed by atoms with Crippen LogP contribution in [0.5, 0.6) is 0 Å². The minimum absolute atomic E-state index is 0.00643. The maximum atomic E-state index is 13.3. The summed E-state index contributed by atoms with van der Waals surface area (Å²) in [5, 5.41) is 3.18. The number of amides is 3. The molecule has 3 rings (SSSR count). The molecule has 3 amide bonds. The highest BCUT2D eigenvalue weighted by atomic mass is 16.2. The molecule has 4 heteroatoms. The van der Waals surface area contributed by atoms with Gasteiger partial charge in [0.15, 0.2) is 0 Å². The van der Waals surface area contributed by atoms with Crippen LogP contribution in [-0.2, 0) is 4.79 Å². The number of nitrogens with zero attached hydrogens (tertiary/aromatic N) is 1. The molecule has 1 N–H and O–H groups in total. The molecule has 4 nitrogen and oxygen atoms in total. The van der Waals surface area contributed by atoms with E-state index in [1.165, 1.54) is 53.7 Å². The van der Waals surface area contributed by atoms with E-state index in [9.17, 15) is 9.59 Å². The summed E-state index contributed by atoms with van der Waals surface area (Å²) in [5.41, 5.74) is 5.24. The Morgan fingerprint density at radius 1 is 0.892 bits per heavy atom. The van der Waals surface area contributed by atoms with Gasteiger partial charge in [-0.15, -0.1) is 0 Å². The van der Waals surface area contributed by atoms with Crippen LogP contribution < -0.4 is 5.32 Å².